The summed E-state index contributed by atoms with van der Waals surface area (Å²) in [4.78, 5) is 23.7. The van der Waals surface area contributed by atoms with Crippen LogP contribution in [0, 0.1) is 13.8 Å². The first kappa shape index (κ1) is 16.4. The van der Waals surface area contributed by atoms with E-state index in [4.69, 9.17) is 0 Å². The number of nitrogens with one attached hydrogen (secondary N) is 1. The SMILES string of the molecule is Cc1cccc(NC(=O)c2cc(N3CCCCCC3)nc(C)n2)c1. The molecule has 1 N–H and O–H groups in total. The normalized spacial score (nSPS) is 15.0. The molecular formula is C19H24N4O. The van der Waals surface area contributed by atoms with Crippen molar-refractivity contribution in [2.45, 2.75) is 39.5 Å². The van der Waals surface area contributed by atoms with Gasteiger partial charge >= 0.3 is 0 Å². The fourth-order valence-corrected chi connectivity index (χ4v) is 3.05. The zero-order chi connectivity index (χ0) is 16.9. The predicted octanol–water partition coefficient (Wildman–Crippen LogP) is 3.73. The van der Waals surface area contributed by atoms with Crippen LogP contribution in [0.5, 0.6) is 0 Å². The number of benzene rings is 1. The van der Waals surface area contributed by atoms with Crippen LogP contribution in [0.4, 0.5) is 11.5 Å². The number of nitrogens with zero attached hydrogens (tertiary/aromatic N) is 3. The fraction of sp³-hybridized carbons (Fsp3) is 0.421. The molecule has 1 amide bonds. The number of aryl methyl sites for hydroxylation is 2. The molecular weight excluding hydrogens is 300 g/mol. The highest BCUT2D eigenvalue weighted by Crippen LogP contribution is 2.19. The minimum absolute atomic E-state index is 0.192. The lowest BCUT2D eigenvalue weighted by Crippen LogP contribution is -2.26. The van der Waals surface area contributed by atoms with E-state index in [-0.39, 0.29) is 5.91 Å². The van der Waals surface area contributed by atoms with Gasteiger partial charge < -0.3 is 10.2 Å². The van der Waals surface area contributed by atoms with Crippen LogP contribution in [-0.4, -0.2) is 29.0 Å². The van der Waals surface area contributed by atoms with Gasteiger partial charge in [0.2, 0.25) is 0 Å². The lowest BCUT2D eigenvalue weighted by atomic mass is 10.2. The van der Waals surface area contributed by atoms with Crippen molar-refractivity contribution in [1.29, 1.82) is 0 Å². The third-order valence-electron chi connectivity index (χ3n) is 4.26. The van der Waals surface area contributed by atoms with Crippen molar-refractivity contribution >= 4 is 17.4 Å². The Kier molecular flexibility index (Phi) is 5.08. The van der Waals surface area contributed by atoms with Crippen molar-refractivity contribution < 1.29 is 4.79 Å². The Bertz CT molecular complexity index is 721. The Hall–Kier alpha value is -2.43. The van der Waals surface area contributed by atoms with Crippen molar-refractivity contribution in [2.75, 3.05) is 23.3 Å². The lowest BCUT2D eigenvalue weighted by Gasteiger charge is -2.22. The van der Waals surface area contributed by atoms with Gasteiger partial charge in [-0.2, -0.15) is 0 Å². The van der Waals surface area contributed by atoms with Gasteiger partial charge in [0.05, 0.1) is 0 Å². The van der Waals surface area contributed by atoms with E-state index in [9.17, 15) is 4.79 Å². The third-order valence-corrected chi connectivity index (χ3v) is 4.26. The molecule has 5 nitrogen and oxygen atoms in total. The average Bonchev–Trinajstić information content (AvgIpc) is 2.83. The minimum atomic E-state index is -0.192. The number of aromatic nitrogens is 2. The Morgan fingerprint density at radius 3 is 2.50 bits per heavy atom. The summed E-state index contributed by atoms with van der Waals surface area (Å²) in [5, 5.41) is 2.92. The van der Waals surface area contributed by atoms with Crippen LogP contribution in [0.1, 0.15) is 47.6 Å². The number of anilines is 2. The van der Waals surface area contributed by atoms with E-state index in [1.165, 1.54) is 25.7 Å². The van der Waals surface area contributed by atoms with Crippen molar-refractivity contribution in [3.8, 4) is 0 Å². The summed E-state index contributed by atoms with van der Waals surface area (Å²) in [7, 11) is 0. The Morgan fingerprint density at radius 1 is 1.04 bits per heavy atom. The number of hydrogen-bond acceptors (Lipinski definition) is 4. The molecule has 0 saturated carbocycles. The number of carbonyl (C=O) groups excluding carboxylic acids is 1. The lowest BCUT2D eigenvalue weighted by molar-refractivity contribution is 0.102. The van der Waals surface area contributed by atoms with E-state index in [0.717, 1.165) is 30.2 Å². The first-order valence-corrected chi connectivity index (χ1v) is 8.60. The summed E-state index contributed by atoms with van der Waals surface area (Å²) in [6, 6.07) is 9.57. The van der Waals surface area contributed by atoms with Gasteiger partial charge in [0.15, 0.2) is 0 Å². The highest BCUT2D eigenvalue weighted by Gasteiger charge is 2.16. The van der Waals surface area contributed by atoms with Crippen LogP contribution in [0.2, 0.25) is 0 Å². The summed E-state index contributed by atoms with van der Waals surface area (Å²) < 4.78 is 0. The summed E-state index contributed by atoms with van der Waals surface area (Å²) in [6.45, 7) is 5.83. The first-order valence-electron chi connectivity index (χ1n) is 8.60. The van der Waals surface area contributed by atoms with E-state index < -0.39 is 0 Å². The smallest absolute Gasteiger partial charge is 0.274 e. The topological polar surface area (TPSA) is 58.1 Å². The molecule has 1 aliphatic heterocycles. The molecule has 5 heteroatoms. The van der Waals surface area contributed by atoms with Crippen molar-refractivity contribution in [1.82, 2.24) is 9.97 Å². The number of amides is 1. The van der Waals surface area contributed by atoms with Gasteiger partial charge in [0.1, 0.15) is 17.3 Å². The molecule has 126 valence electrons. The quantitative estimate of drug-likeness (QED) is 0.934. The van der Waals surface area contributed by atoms with E-state index in [1.807, 2.05) is 44.2 Å². The van der Waals surface area contributed by atoms with Crippen molar-refractivity contribution in [3.63, 3.8) is 0 Å². The van der Waals surface area contributed by atoms with E-state index >= 15 is 0 Å². The Morgan fingerprint density at radius 2 is 1.79 bits per heavy atom. The zero-order valence-electron chi connectivity index (χ0n) is 14.4. The monoisotopic (exact) mass is 324 g/mol. The predicted molar refractivity (Wildman–Crippen MR) is 96.6 cm³/mol. The second-order valence-corrected chi connectivity index (χ2v) is 6.38. The largest absolute Gasteiger partial charge is 0.356 e. The molecule has 0 aliphatic carbocycles. The average molecular weight is 324 g/mol. The van der Waals surface area contributed by atoms with Crippen LogP contribution in [0.3, 0.4) is 0 Å². The van der Waals surface area contributed by atoms with Gasteiger partial charge in [-0.25, -0.2) is 9.97 Å². The maximum absolute atomic E-state index is 12.6. The van der Waals surface area contributed by atoms with E-state index in [0.29, 0.717) is 11.5 Å². The molecule has 0 radical (unpaired) electrons. The molecule has 1 aromatic heterocycles. The summed E-state index contributed by atoms with van der Waals surface area (Å²) in [6.07, 6.45) is 4.88. The second kappa shape index (κ2) is 7.43. The summed E-state index contributed by atoms with van der Waals surface area (Å²) in [5.41, 5.74) is 2.31. The molecule has 2 heterocycles. The molecule has 0 spiro atoms. The molecule has 0 bridgehead atoms. The van der Waals surface area contributed by atoms with Crippen LogP contribution < -0.4 is 10.2 Å². The number of hydrogen-bond donors (Lipinski definition) is 1. The van der Waals surface area contributed by atoms with Crippen LogP contribution in [0.15, 0.2) is 30.3 Å². The van der Waals surface area contributed by atoms with Gasteiger partial charge in [-0.1, -0.05) is 25.0 Å². The molecule has 1 fully saturated rings. The van der Waals surface area contributed by atoms with Crippen molar-refractivity contribution in [3.05, 3.63) is 47.4 Å². The molecule has 1 saturated heterocycles. The van der Waals surface area contributed by atoms with Gasteiger partial charge in [0, 0.05) is 24.8 Å². The standard InChI is InChI=1S/C19H24N4O/c1-14-8-7-9-16(12-14)22-19(24)17-13-18(21-15(2)20-17)23-10-5-3-4-6-11-23/h7-9,12-13H,3-6,10-11H2,1-2H3,(H,22,24). The summed E-state index contributed by atoms with van der Waals surface area (Å²) in [5.74, 6) is 1.30. The molecule has 2 aromatic rings. The zero-order valence-corrected chi connectivity index (χ0v) is 14.4. The van der Waals surface area contributed by atoms with Crippen LogP contribution >= 0.6 is 0 Å². The highest BCUT2D eigenvalue weighted by atomic mass is 16.1. The minimum Gasteiger partial charge on any atom is -0.356 e. The van der Waals surface area contributed by atoms with Crippen LogP contribution in [-0.2, 0) is 0 Å². The maximum Gasteiger partial charge on any atom is 0.274 e. The molecule has 3 rings (SSSR count). The molecule has 24 heavy (non-hydrogen) atoms. The molecule has 0 unspecified atom stereocenters. The maximum atomic E-state index is 12.6. The van der Waals surface area contributed by atoms with Gasteiger partial charge in [-0.15, -0.1) is 0 Å². The van der Waals surface area contributed by atoms with Crippen molar-refractivity contribution in [2.24, 2.45) is 0 Å². The van der Waals surface area contributed by atoms with E-state index in [1.54, 1.807) is 0 Å². The fourth-order valence-electron chi connectivity index (χ4n) is 3.05. The van der Waals surface area contributed by atoms with Gasteiger partial charge in [0.25, 0.3) is 5.91 Å². The van der Waals surface area contributed by atoms with Gasteiger partial charge in [-0.3, -0.25) is 4.79 Å². The molecule has 0 atom stereocenters. The van der Waals surface area contributed by atoms with Crippen LogP contribution in [0.25, 0.3) is 0 Å². The molecule has 1 aromatic carbocycles. The number of rotatable bonds is 3. The third kappa shape index (κ3) is 4.10. The van der Waals surface area contributed by atoms with E-state index in [2.05, 4.69) is 20.2 Å². The van der Waals surface area contributed by atoms with Gasteiger partial charge in [-0.05, 0) is 44.4 Å². The first-order chi connectivity index (χ1) is 11.6. The molecule has 1 aliphatic rings. The Balaban J connectivity index is 1.81. The number of carbonyl (C=O) groups is 1. The highest BCUT2D eigenvalue weighted by molar-refractivity contribution is 6.03. The Labute approximate surface area is 143 Å². The second-order valence-electron chi connectivity index (χ2n) is 6.38. The summed E-state index contributed by atoms with van der Waals surface area (Å²) >= 11 is 0.